The van der Waals surface area contributed by atoms with Crippen LogP contribution in [0.25, 0.3) is 0 Å². The number of aromatic hydroxyl groups is 1. The van der Waals surface area contributed by atoms with E-state index in [4.69, 9.17) is 4.74 Å². The van der Waals surface area contributed by atoms with Crippen molar-refractivity contribution in [1.29, 1.82) is 0 Å². The molecular formula is C33H31N3O6S2. The van der Waals surface area contributed by atoms with E-state index in [1.165, 1.54) is 33.4 Å². The Balaban J connectivity index is 1.41. The highest BCUT2D eigenvalue weighted by molar-refractivity contribution is 8.00. The molecule has 9 nitrogen and oxygen atoms in total. The quantitative estimate of drug-likeness (QED) is 0.218. The fraction of sp³-hybridized carbons (Fsp3) is 0.273. The molecule has 226 valence electrons. The molecule has 3 amide bonds. The summed E-state index contributed by atoms with van der Waals surface area (Å²) in [6.07, 6.45) is 0. The Hall–Kier alpha value is -4.35. The number of methoxy groups -OCH3 is 1. The minimum Gasteiger partial charge on any atom is -0.508 e. The number of thioether (sulfide) groups is 1. The molecule has 1 aromatic heterocycles. The monoisotopic (exact) mass is 629 g/mol. The number of carbonyl (C=O) groups is 3. The molecule has 11 heteroatoms. The van der Waals surface area contributed by atoms with E-state index in [0.29, 0.717) is 27.0 Å². The van der Waals surface area contributed by atoms with Gasteiger partial charge in [0, 0.05) is 16.5 Å². The van der Waals surface area contributed by atoms with Crippen molar-refractivity contribution in [3.05, 3.63) is 98.5 Å². The molecule has 3 heterocycles. The van der Waals surface area contributed by atoms with Gasteiger partial charge in [-0.25, -0.2) is 4.90 Å². The summed E-state index contributed by atoms with van der Waals surface area (Å²) in [5.41, 5.74) is 2.79. The summed E-state index contributed by atoms with van der Waals surface area (Å²) in [5.74, 6) is -1.74. The summed E-state index contributed by atoms with van der Waals surface area (Å²) in [7, 11) is 1.55. The Morgan fingerprint density at radius 3 is 2.20 bits per heavy atom. The van der Waals surface area contributed by atoms with E-state index in [0.717, 1.165) is 22.5 Å². The van der Waals surface area contributed by atoms with Gasteiger partial charge in [0.15, 0.2) is 0 Å². The zero-order chi connectivity index (χ0) is 31.3. The molecule has 0 spiro atoms. The molecule has 1 fully saturated rings. The third kappa shape index (κ3) is 5.30. The van der Waals surface area contributed by atoms with Crippen LogP contribution in [0.3, 0.4) is 0 Å². The predicted octanol–water partition coefficient (Wildman–Crippen LogP) is 5.36. The van der Waals surface area contributed by atoms with Crippen LogP contribution in [-0.4, -0.2) is 39.8 Å². The van der Waals surface area contributed by atoms with Gasteiger partial charge >= 0.3 is 4.87 Å². The predicted molar refractivity (Wildman–Crippen MR) is 171 cm³/mol. The Bertz CT molecular complexity index is 1800. The number of aromatic nitrogens is 1. The molecule has 0 aliphatic carbocycles. The lowest BCUT2D eigenvalue weighted by Crippen LogP contribution is -2.33. The molecule has 44 heavy (non-hydrogen) atoms. The lowest BCUT2D eigenvalue weighted by atomic mass is 9.81. The van der Waals surface area contributed by atoms with Gasteiger partial charge < -0.3 is 15.2 Å². The molecule has 4 aromatic rings. The van der Waals surface area contributed by atoms with Gasteiger partial charge in [-0.2, -0.15) is 0 Å². The van der Waals surface area contributed by atoms with Crippen LogP contribution in [0.2, 0.25) is 0 Å². The lowest BCUT2D eigenvalue weighted by molar-refractivity contribution is -0.122. The van der Waals surface area contributed by atoms with Crippen LogP contribution in [0.4, 0.5) is 11.4 Å². The molecule has 1 saturated heterocycles. The van der Waals surface area contributed by atoms with Crippen LogP contribution in [0.5, 0.6) is 11.5 Å². The number of nitrogens with zero attached hydrogens (tertiary/aromatic N) is 2. The van der Waals surface area contributed by atoms with E-state index in [9.17, 15) is 24.3 Å². The number of hydrogen-bond donors (Lipinski definition) is 2. The Morgan fingerprint density at radius 2 is 1.59 bits per heavy atom. The first-order valence-corrected chi connectivity index (χ1v) is 15.8. The number of phenolic OH excluding ortho intramolecular Hbond substituents is 1. The molecule has 2 aliphatic rings. The topological polar surface area (TPSA) is 118 Å². The first kappa shape index (κ1) is 29.7. The van der Waals surface area contributed by atoms with Gasteiger partial charge in [-0.05, 0) is 65.1 Å². The molecule has 0 radical (unpaired) electrons. The molecule has 2 N–H and O–H groups in total. The zero-order valence-electron chi connectivity index (χ0n) is 24.6. The molecule has 3 aromatic carbocycles. The molecule has 0 saturated carbocycles. The summed E-state index contributed by atoms with van der Waals surface area (Å²) in [5, 5.41) is 12.0. The van der Waals surface area contributed by atoms with E-state index in [1.807, 2.05) is 24.3 Å². The number of anilines is 2. The normalized spacial score (nSPS) is 19.5. The minimum absolute atomic E-state index is 0.0677. The van der Waals surface area contributed by atoms with Crippen molar-refractivity contribution in [3.63, 3.8) is 0 Å². The van der Waals surface area contributed by atoms with Gasteiger partial charge in [0.05, 0.1) is 23.7 Å². The second kappa shape index (κ2) is 11.3. The minimum atomic E-state index is -0.787. The van der Waals surface area contributed by atoms with Crippen LogP contribution in [0.15, 0.2) is 82.6 Å². The molecular weight excluding hydrogens is 599 g/mol. The average Bonchev–Trinajstić information content (AvgIpc) is 3.44. The largest absolute Gasteiger partial charge is 0.508 e. The van der Waals surface area contributed by atoms with Gasteiger partial charge in [-0.1, -0.05) is 68.1 Å². The van der Waals surface area contributed by atoms with Gasteiger partial charge in [0.25, 0.3) is 0 Å². The number of benzene rings is 3. The van der Waals surface area contributed by atoms with Crippen LogP contribution in [0.1, 0.15) is 42.7 Å². The number of rotatable bonds is 6. The van der Waals surface area contributed by atoms with E-state index >= 15 is 0 Å². The smallest absolute Gasteiger partial charge is 0.308 e. The van der Waals surface area contributed by atoms with Crippen molar-refractivity contribution in [3.8, 4) is 11.5 Å². The Morgan fingerprint density at radius 1 is 0.932 bits per heavy atom. The van der Waals surface area contributed by atoms with E-state index in [2.05, 4.69) is 26.1 Å². The number of phenols is 1. The van der Waals surface area contributed by atoms with Crippen LogP contribution >= 0.6 is 23.1 Å². The summed E-state index contributed by atoms with van der Waals surface area (Å²) >= 11 is 2.18. The highest BCUT2D eigenvalue weighted by Crippen LogP contribution is 2.54. The fourth-order valence-corrected chi connectivity index (χ4v) is 8.45. The molecule has 3 atom stereocenters. The highest BCUT2D eigenvalue weighted by Gasteiger charge is 2.56. The first-order valence-electron chi connectivity index (χ1n) is 14.1. The number of ether oxygens (including phenoxy) is 1. The second-order valence-corrected chi connectivity index (χ2v) is 14.0. The molecule has 3 unspecified atom stereocenters. The van der Waals surface area contributed by atoms with Crippen molar-refractivity contribution >= 4 is 52.2 Å². The van der Waals surface area contributed by atoms with E-state index < -0.39 is 23.0 Å². The fourth-order valence-electron chi connectivity index (χ4n) is 5.68. The first-order chi connectivity index (χ1) is 21.0. The lowest BCUT2D eigenvalue weighted by Gasteiger charge is -2.31. The van der Waals surface area contributed by atoms with Gasteiger partial charge in [-0.15, -0.1) is 0 Å². The summed E-state index contributed by atoms with van der Waals surface area (Å²) in [4.78, 5) is 56.1. The standard InChI is InChI=1S/C33H31N3O6S2/c1-33(2,3)19-7-5-18(6-8-19)25-26-27(30(40)36(29(26)39)21-11-15-23(42-4)16-12-21)43-31-28(25)44-32(41)35(31)17-24(38)34-20-9-13-22(37)14-10-20/h5-16,25-27,37H,17H2,1-4H3,(H,34,38). The molecule has 0 bridgehead atoms. The number of thiazole rings is 1. The maximum Gasteiger partial charge on any atom is 0.308 e. The summed E-state index contributed by atoms with van der Waals surface area (Å²) in [6.45, 7) is 6.09. The molecule has 2 aliphatic heterocycles. The van der Waals surface area contributed by atoms with Crippen LogP contribution in [-0.2, 0) is 26.3 Å². The van der Waals surface area contributed by atoms with Gasteiger partial charge in [0.2, 0.25) is 17.7 Å². The Kier molecular flexibility index (Phi) is 7.63. The van der Waals surface area contributed by atoms with Crippen molar-refractivity contribution in [2.45, 2.75) is 48.9 Å². The third-order valence-corrected chi connectivity index (χ3v) is 10.6. The number of amides is 3. The summed E-state index contributed by atoms with van der Waals surface area (Å²) in [6, 6.07) is 20.8. The highest BCUT2D eigenvalue weighted by atomic mass is 32.2. The SMILES string of the molecule is COc1ccc(N2C(=O)C3Sc4c(sc(=O)n4CC(=O)Nc4ccc(O)cc4)C(c4ccc(C(C)(C)C)cc4)C3C2=O)cc1. The maximum absolute atomic E-state index is 14.1. The second-order valence-electron chi connectivity index (χ2n) is 11.8. The zero-order valence-corrected chi connectivity index (χ0v) is 26.2. The maximum atomic E-state index is 14.1. The number of hydrogen-bond acceptors (Lipinski definition) is 8. The van der Waals surface area contributed by atoms with Crippen molar-refractivity contribution in [2.75, 3.05) is 17.3 Å². The Labute approximate surface area is 262 Å². The number of imide groups is 1. The number of fused-ring (bicyclic) bond motifs is 2. The van der Waals surface area contributed by atoms with Gasteiger partial charge in [0.1, 0.15) is 23.3 Å². The van der Waals surface area contributed by atoms with Crippen molar-refractivity contribution in [2.24, 2.45) is 5.92 Å². The molecule has 6 rings (SSSR count). The van der Waals surface area contributed by atoms with Gasteiger partial charge in [-0.3, -0.25) is 23.7 Å². The summed E-state index contributed by atoms with van der Waals surface area (Å²) < 4.78 is 6.64. The van der Waals surface area contributed by atoms with Crippen molar-refractivity contribution < 1.29 is 24.2 Å². The average molecular weight is 630 g/mol. The third-order valence-electron chi connectivity index (χ3n) is 7.97. The van der Waals surface area contributed by atoms with Crippen LogP contribution < -0.4 is 19.8 Å². The number of carbonyl (C=O) groups excluding carboxylic acids is 3. The van der Waals surface area contributed by atoms with E-state index in [-0.39, 0.29) is 34.4 Å². The number of nitrogens with one attached hydrogen (secondary N) is 1. The van der Waals surface area contributed by atoms with E-state index in [1.54, 1.807) is 43.5 Å². The van der Waals surface area contributed by atoms with Crippen LogP contribution in [0, 0.1) is 5.92 Å². The van der Waals surface area contributed by atoms with Crippen molar-refractivity contribution in [1.82, 2.24) is 4.57 Å².